The lowest BCUT2D eigenvalue weighted by Crippen LogP contribution is -2.38. The van der Waals surface area contributed by atoms with E-state index in [1.54, 1.807) is 25.1 Å². The number of phenolic OH excluding ortho intramolecular Hbond substituents is 1. The molecule has 10 heteroatoms. The largest absolute Gasteiger partial charge is 0.507 e. The van der Waals surface area contributed by atoms with Crippen LogP contribution in [-0.4, -0.2) is 68.9 Å². The van der Waals surface area contributed by atoms with Gasteiger partial charge in [-0.3, -0.25) is 19.7 Å². The van der Waals surface area contributed by atoms with Crippen molar-refractivity contribution in [2.75, 3.05) is 26.2 Å². The van der Waals surface area contributed by atoms with Crippen molar-refractivity contribution in [2.45, 2.75) is 46.8 Å². The van der Waals surface area contributed by atoms with Crippen LogP contribution in [0, 0.1) is 17.0 Å². The van der Waals surface area contributed by atoms with Crippen molar-refractivity contribution in [3.05, 3.63) is 68.8 Å². The second-order valence-electron chi connectivity index (χ2n) is 9.17. The first kappa shape index (κ1) is 27.7. The Morgan fingerprint density at radius 3 is 2.41 bits per heavy atom. The predicted octanol–water partition coefficient (Wildman–Crippen LogP) is 4.16. The van der Waals surface area contributed by atoms with Crippen LogP contribution in [0.5, 0.6) is 11.5 Å². The fraction of sp³-hybridized carbons (Fsp3) is 0.407. The molecule has 1 aliphatic heterocycles. The van der Waals surface area contributed by atoms with E-state index in [1.807, 2.05) is 27.7 Å². The number of carbonyl (C=O) groups is 2. The number of nitrogens with zero attached hydrogens (tertiary/aromatic N) is 3. The average Bonchev–Trinajstić information content (AvgIpc) is 3.10. The monoisotopic (exact) mass is 511 g/mol. The van der Waals surface area contributed by atoms with Crippen LogP contribution in [0.3, 0.4) is 0 Å². The molecule has 0 aromatic heterocycles. The van der Waals surface area contributed by atoms with Gasteiger partial charge in [0.05, 0.1) is 22.6 Å². The van der Waals surface area contributed by atoms with E-state index < -0.39 is 34.1 Å². The summed E-state index contributed by atoms with van der Waals surface area (Å²) in [6, 6.07) is 7.57. The Morgan fingerprint density at radius 1 is 1.16 bits per heavy atom. The number of hydrogen-bond donors (Lipinski definition) is 2. The molecule has 1 atom stereocenters. The topological polar surface area (TPSA) is 133 Å². The molecule has 0 saturated carbocycles. The molecule has 2 aromatic carbocycles. The van der Waals surface area contributed by atoms with E-state index in [0.29, 0.717) is 17.9 Å². The van der Waals surface area contributed by atoms with Crippen LogP contribution < -0.4 is 4.74 Å². The van der Waals surface area contributed by atoms with Gasteiger partial charge in [0, 0.05) is 24.7 Å². The standard InChI is InChI=1S/C27H33N3O7/c1-6-28(7-2)12-13-29-24(18-8-10-21(31)20(15-18)30(35)36)23(26(33)27(29)34)25(32)19-9-11-22(17(5)14-19)37-16(3)4/h8-11,14-16,24,31-32H,6-7,12-13H2,1-5H3/b25-23-. The first-order valence-electron chi connectivity index (χ1n) is 12.3. The average molecular weight is 512 g/mol. The summed E-state index contributed by atoms with van der Waals surface area (Å²) in [4.78, 5) is 40.6. The van der Waals surface area contributed by atoms with E-state index in [-0.39, 0.29) is 29.5 Å². The highest BCUT2D eigenvalue weighted by Crippen LogP contribution is 2.42. The Morgan fingerprint density at radius 2 is 1.84 bits per heavy atom. The van der Waals surface area contributed by atoms with Gasteiger partial charge in [-0.15, -0.1) is 0 Å². The highest BCUT2D eigenvalue weighted by molar-refractivity contribution is 6.46. The summed E-state index contributed by atoms with van der Waals surface area (Å²) in [5.74, 6) is -1.98. The molecule has 0 aliphatic carbocycles. The lowest BCUT2D eigenvalue weighted by Gasteiger charge is -2.28. The number of aliphatic hydroxyl groups excluding tert-OH is 1. The Hall–Kier alpha value is -3.92. The van der Waals surface area contributed by atoms with E-state index in [0.717, 1.165) is 30.8 Å². The second-order valence-corrected chi connectivity index (χ2v) is 9.17. The predicted molar refractivity (Wildman–Crippen MR) is 139 cm³/mol. The van der Waals surface area contributed by atoms with Crippen molar-refractivity contribution in [3.8, 4) is 11.5 Å². The van der Waals surface area contributed by atoms with Crippen molar-refractivity contribution >= 4 is 23.1 Å². The van der Waals surface area contributed by atoms with E-state index in [2.05, 4.69) is 4.90 Å². The number of likely N-dealkylation sites (tertiary alicyclic amines) is 1. The normalized spacial score (nSPS) is 17.2. The van der Waals surface area contributed by atoms with E-state index >= 15 is 0 Å². The number of Topliss-reactive ketones (excluding diaryl/α,β-unsaturated/α-hetero) is 1. The Labute approximate surface area is 215 Å². The van der Waals surface area contributed by atoms with Gasteiger partial charge < -0.3 is 24.7 Å². The van der Waals surface area contributed by atoms with E-state index in [9.17, 15) is 29.9 Å². The van der Waals surface area contributed by atoms with Gasteiger partial charge in [0.2, 0.25) is 0 Å². The van der Waals surface area contributed by atoms with Crippen molar-refractivity contribution in [1.82, 2.24) is 9.80 Å². The third-order valence-electron chi connectivity index (χ3n) is 6.41. The maximum absolute atomic E-state index is 13.3. The van der Waals surface area contributed by atoms with Crippen molar-refractivity contribution in [3.63, 3.8) is 0 Å². The quantitative estimate of drug-likeness (QED) is 0.160. The molecule has 0 bridgehead atoms. The van der Waals surface area contributed by atoms with Gasteiger partial charge in [-0.2, -0.15) is 0 Å². The summed E-state index contributed by atoms with van der Waals surface area (Å²) in [6.07, 6.45) is -0.0560. The molecule has 37 heavy (non-hydrogen) atoms. The molecular formula is C27H33N3O7. The summed E-state index contributed by atoms with van der Waals surface area (Å²) in [5, 5.41) is 32.8. The first-order chi connectivity index (χ1) is 17.5. The maximum atomic E-state index is 13.3. The number of amides is 1. The summed E-state index contributed by atoms with van der Waals surface area (Å²) in [6.45, 7) is 11.7. The third-order valence-corrected chi connectivity index (χ3v) is 6.41. The molecule has 1 heterocycles. The second kappa shape index (κ2) is 11.4. The number of carbonyl (C=O) groups excluding carboxylic acids is 2. The fourth-order valence-electron chi connectivity index (χ4n) is 4.44. The molecule has 0 radical (unpaired) electrons. The molecule has 1 amide bonds. The lowest BCUT2D eigenvalue weighted by atomic mass is 9.94. The minimum atomic E-state index is -1.07. The van der Waals surface area contributed by atoms with Crippen LogP contribution in [0.25, 0.3) is 5.76 Å². The van der Waals surface area contributed by atoms with Crippen molar-refractivity contribution < 1.29 is 29.5 Å². The van der Waals surface area contributed by atoms with Crippen molar-refractivity contribution in [2.24, 2.45) is 0 Å². The van der Waals surface area contributed by atoms with Crippen LogP contribution in [0.1, 0.15) is 50.4 Å². The fourth-order valence-corrected chi connectivity index (χ4v) is 4.44. The number of aliphatic hydroxyl groups is 1. The maximum Gasteiger partial charge on any atom is 0.311 e. The number of aromatic hydroxyl groups is 1. The van der Waals surface area contributed by atoms with Gasteiger partial charge in [0.1, 0.15) is 11.5 Å². The van der Waals surface area contributed by atoms with Crippen LogP contribution >= 0.6 is 0 Å². The van der Waals surface area contributed by atoms with Gasteiger partial charge >= 0.3 is 5.69 Å². The molecule has 2 N–H and O–H groups in total. The van der Waals surface area contributed by atoms with Gasteiger partial charge in [-0.25, -0.2) is 0 Å². The summed E-state index contributed by atoms with van der Waals surface area (Å²) in [7, 11) is 0. The first-order valence-corrected chi connectivity index (χ1v) is 12.3. The zero-order valence-electron chi connectivity index (χ0n) is 21.7. The molecular weight excluding hydrogens is 478 g/mol. The molecule has 1 saturated heterocycles. The molecule has 10 nitrogen and oxygen atoms in total. The molecule has 1 unspecified atom stereocenters. The van der Waals surface area contributed by atoms with Crippen LogP contribution in [0.15, 0.2) is 42.0 Å². The number of phenols is 1. The summed E-state index contributed by atoms with van der Waals surface area (Å²) < 4.78 is 5.75. The van der Waals surface area contributed by atoms with Gasteiger partial charge in [-0.1, -0.05) is 19.9 Å². The smallest absolute Gasteiger partial charge is 0.311 e. The number of likely N-dealkylation sites (N-methyl/N-ethyl adjacent to an activating group) is 1. The zero-order chi connectivity index (χ0) is 27.4. The number of rotatable bonds is 10. The van der Waals surface area contributed by atoms with E-state index in [4.69, 9.17) is 4.74 Å². The van der Waals surface area contributed by atoms with Gasteiger partial charge in [0.25, 0.3) is 11.7 Å². The van der Waals surface area contributed by atoms with Gasteiger partial charge in [0.15, 0.2) is 5.75 Å². The van der Waals surface area contributed by atoms with Gasteiger partial charge in [-0.05, 0) is 69.3 Å². The summed E-state index contributed by atoms with van der Waals surface area (Å²) in [5.41, 5.74) is 0.555. The lowest BCUT2D eigenvalue weighted by molar-refractivity contribution is -0.385. The number of benzene rings is 2. The SMILES string of the molecule is CCN(CC)CCN1C(=O)C(=O)/C(=C(\O)c2ccc(OC(C)C)c(C)c2)C1c1ccc(O)c([N+](=O)[O-])c1. The molecule has 1 aliphatic rings. The third kappa shape index (κ3) is 5.75. The zero-order valence-corrected chi connectivity index (χ0v) is 21.7. The van der Waals surface area contributed by atoms with Crippen molar-refractivity contribution in [1.29, 1.82) is 0 Å². The number of ketones is 1. The number of aryl methyl sites for hydroxylation is 1. The highest BCUT2D eigenvalue weighted by atomic mass is 16.6. The van der Waals surface area contributed by atoms with Crippen LogP contribution in [0.4, 0.5) is 5.69 Å². The van der Waals surface area contributed by atoms with Crippen LogP contribution in [0.2, 0.25) is 0 Å². The minimum absolute atomic E-state index is 0.0560. The Kier molecular flexibility index (Phi) is 8.54. The summed E-state index contributed by atoms with van der Waals surface area (Å²) >= 11 is 0. The number of hydrogen-bond acceptors (Lipinski definition) is 8. The number of nitro benzene ring substituents is 1. The minimum Gasteiger partial charge on any atom is -0.507 e. The molecule has 1 fully saturated rings. The number of nitro groups is 1. The Bertz CT molecular complexity index is 1230. The van der Waals surface area contributed by atoms with E-state index in [1.165, 1.54) is 11.0 Å². The molecule has 0 spiro atoms. The number of ether oxygens (including phenoxy) is 1. The Balaban J connectivity index is 2.16. The molecule has 198 valence electrons. The molecule has 3 rings (SSSR count). The molecule has 2 aromatic rings. The highest BCUT2D eigenvalue weighted by Gasteiger charge is 2.46. The van der Waals surface area contributed by atoms with Crippen LogP contribution in [-0.2, 0) is 9.59 Å².